The summed E-state index contributed by atoms with van der Waals surface area (Å²) in [5.74, 6) is -0.115. The molecule has 0 fully saturated rings. The third-order valence-electron chi connectivity index (χ3n) is 5.46. The van der Waals surface area contributed by atoms with E-state index in [4.69, 9.17) is 9.73 Å². The van der Waals surface area contributed by atoms with Gasteiger partial charge in [-0.05, 0) is 24.3 Å². The van der Waals surface area contributed by atoms with E-state index in [1.807, 2.05) is 54.6 Å². The average molecular weight is 437 g/mol. The first-order valence-corrected chi connectivity index (χ1v) is 10.3. The van der Waals surface area contributed by atoms with Gasteiger partial charge in [-0.25, -0.2) is 14.4 Å². The molecule has 0 radical (unpaired) electrons. The van der Waals surface area contributed by atoms with Crippen LogP contribution < -0.4 is 16.0 Å². The van der Waals surface area contributed by atoms with Crippen LogP contribution in [-0.2, 0) is 0 Å². The van der Waals surface area contributed by atoms with Crippen LogP contribution >= 0.6 is 0 Å². The van der Waals surface area contributed by atoms with Gasteiger partial charge in [-0.2, -0.15) is 0 Å². The summed E-state index contributed by atoms with van der Waals surface area (Å²) >= 11 is 0. The van der Waals surface area contributed by atoms with Gasteiger partial charge >= 0.3 is 5.69 Å². The number of H-pyrrole nitrogens is 1. The Morgan fingerprint density at radius 1 is 0.939 bits per heavy atom. The molecule has 0 aliphatic carbocycles. The Hall–Kier alpha value is -4.65. The molecule has 2 N–H and O–H groups in total. The maximum Gasteiger partial charge on any atom is 0.335 e. The quantitative estimate of drug-likeness (QED) is 0.506. The molecule has 3 aromatic carbocycles. The van der Waals surface area contributed by atoms with Crippen molar-refractivity contribution in [2.45, 2.75) is 0 Å². The summed E-state index contributed by atoms with van der Waals surface area (Å²) in [5, 5.41) is 11.1. The Morgan fingerprint density at radius 3 is 2.42 bits per heavy atom. The maximum absolute atomic E-state index is 12.8. The number of methoxy groups -OCH3 is 1. The number of hydrogen-bond donors (Lipinski definition) is 2. The van der Waals surface area contributed by atoms with Crippen molar-refractivity contribution in [2.75, 3.05) is 7.11 Å². The molecular formula is C26H19N3O4. The van der Waals surface area contributed by atoms with E-state index in [1.165, 1.54) is 7.11 Å². The summed E-state index contributed by atoms with van der Waals surface area (Å²) in [5.41, 5.74) is 2.57. The summed E-state index contributed by atoms with van der Waals surface area (Å²) < 4.78 is 6.36. The molecule has 0 saturated heterocycles. The van der Waals surface area contributed by atoms with Crippen LogP contribution in [0.15, 0.2) is 93.4 Å². The fourth-order valence-corrected chi connectivity index (χ4v) is 3.92. The first-order valence-electron chi connectivity index (χ1n) is 10.3. The largest absolute Gasteiger partial charge is 0.495 e. The fourth-order valence-electron chi connectivity index (χ4n) is 3.92. The minimum atomic E-state index is -0.770. The Balaban J connectivity index is 1.76. The Bertz CT molecular complexity index is 1550. The average Bonchev–Trinajstić information content (AvgIpc) is 3.21. The number of rotatable bonds is 4. The standard InChI is InChI=1S/C26H19N3O4/c1-33-22-14-8-7-13-21(22)29-25(31)19(24(30)28-26(29)32)15-18-17-11-5-6-12-20(17)27-23(18)16-9-3-2-4-10-16/h2-15,31H,1H3,(H,28,30,32). The van der Waals surface area contributed by atoms with E-state index in [0.717, 1.165) is 21.4 Å². The van der Waals surface area contributed by atoms with Crippen molar-refractivity contribution in [1.29, 1.82) is 0 Å². The van der Waals surface area contributed by atoms with E-state index in [-0.39, 0.29) is 5.56 Å². The molecule has 2 heterocycles. The van der Waals surface area contributed by atoms with Crippen LogP contribution in [0.25, 0.3) is 17.3 Å². The topological polar surface area (TPSA) is 96.7 Å². The lowest BCUT2D eigenvalue weighted by Crippen LogP contribution is -2.30. The van der Waals surface area contributed by atoms with E-state index >= 15 is 0 Å². The van der Waals surface area contributed by atoms with Crippen LogP contribution in [0.2, 0.25) is 0 Å². The van der Waals surface area contributed by atoms with Crippen LogP contribution in [0.3, 0.4) is 0 Å². The van der Waals surface area contributed by atoms with Crippen LogP contribution in [-0.4, -0.2) is 27.5 Å². The predicted molar refractivity (Wildman–Crippen MR) is 128 cm³/mol. The zero-order valence-corrected chi connectivity index (χ0v) is 17.6. The lowest BCUT2D eigenvalue weighted by Gasteiger charge is -2.13. The van der Waals surface area contributed by atoms with Crippen molar-refractivity contribution in [3.05, 3.63) is 116 Å². The number of aromatic amines is 1. The number of nitrogens with one attached hydrogen (secondary N) is 1. The van der Waals surface area contributed by atoms with Crippen molar-refractivity contribution < 1.29 is 9.84 Å². The van der Waals surface area contributed by atoms with Gasteiger partial charge in [0, 0.05) is 16.7 Å². The van der Waals surface area contributed by atoms with Gasteiger partial charge in [0.15, 0.2) is 0 Å². The summed E-state index contributed by atoms with van der Waals surface area (Å²) in [6.07, 6.45) is 1.57. The van der Waals surface area contributed by atoms with E-state index in [1.54, 1.807) is 30.3 Å². The molecule has 0 bridgehead atoms. The highest BCUT2D eigenvalue weighted by Gasteiger charge is 2.24. The van der Waals surface area contributed by atoms with Crippen molar-refractivity contribution >= 4 is 23.0 Å². The molecule has 33 heavy (non-hydrogen) atoms. The van der Waals surface area contributed by atoms with Crippen molar-refractivity contribution in [3.8, 4) is 17.3 Å². The second-order valence-electron chi connectivity index (χ2n) is 7.41. The molecular weight excluding hydrogens is 418 g/mol. The lowest BCUT2D eigenvalue weighted by molar-refractivity contribution is 0.401. The summed E-state index contributed by atoms with van der Waals surface area (Å²) in [6.45, 7) is 0. The molecule has 0 amide bonds. The Kier molecular flexibility index (Phi) is 4.99. The zero-order valence-electron chi connectivity index (χ0n) is 17.6. The lowest BCUT2D eigenvalue weighted by atomic mass is 9.96. The third kappa shape index (κ3) is 3.45. The van der Waals surface area contributed by atoms with E-state index in [9.17, 15) is 14.7 Å². The predicted octanol–water partition coefficient (Wildman–Crippen LogP) is 3.92. The monoisotopic (exact) mass is 437 g/mol. The number of aromatic hydroxyl groups is 1. The molecule has 1 aromatic heterocycles. The van der Waals surface area contributed by atoms with Crippen LogP contribution in [0.1, 0.15) is 16.7 Å². The van der Waals surface area contributed by atoms with E-state index in [2.05, 4.69) is 4.98 Å². The number of para-hydroxylation sites is 3. The van der Waals surface area contributed by atoms with Crippen LogP contribution in [0, 0.1) is 0 Å². The molecule has 0 saturated carbocycles. The molecule has 7 heteroatoms. The molecule has 1 aliphatic heterocycles. The van der Waals surface area contributed by atoms with Gasteiger partial charge in [-0.3, -0.25) is 9.78 Å². The Labute approximate surface area is 188 Å². The minimum absolute atomic E-state index is 0.0594. The van der Waals surface area contributed by atoms with Crippen molar-refractivity contribution in [1.82, 2.24) is 9.55 Å². The van der Waals surface area contributed by atoms with Gasteiger partial charge in [0.1, 0.15) is 11.3 Å². The van der Waals surface area contributed by atoms with Gasteiger partial charge in [0.05, 0.1) is 24.2 Å². The number of aliphatic imine (C=N–C) groups is 1. The second-order valence-corrected chi connectivity index (χ2v) is 7.41. The minimum Gasteiger partial charge on any atom is -0.495 e. The highest BCUT2D eigenvalue weighted by Crippen LogP contribution is 2.38. The number of benzene rings is 3. The number of aromatic nitrogens is 2. The maximum atomic E-state index is 12.8. The highest BCUT2D eigenvalue weighted by atomic mass is 16.5. The Morgan fingerprint density at radius 2 is 1.64 bits per heavy atom. The van der Waals surface area contributed by atoms with Gasteiger partial charge < -0.3 is 9.84 Å². The molecule has 0 atom stereocenters. The van der Waals surface area contributed by atoms with Crippen molar-refractivity contribution in [3.63, 3.8) is 0 Å². The number of nitrogens with zero attached hydrogens (tertiary/aromatic N) is 2. The van der Waals surface area contributed by atoms with Crippen molar-refractivity contribution in [2.24, 2.45) is 4.99 Å². The third-order valence-corrected chi connectivity index (χ3v) is 5.46. The van der Waals surface area contributed by atoms with Crippen LogP contribution in [0.4, 0.5) is 5.69 Å². The molecule has 5 rings (SSSR count). The molecule has 1 aliphatic rings. The fraction of sp³-hybridized carbons (Fsp3) is 0.0385. The first kappa shape index (κ1) is 20.3. The molecule has 162 valence electrons. The summed E-state index contributed by atoms with van der Waals surface area (Å²) in [6, 6.07) is 23.9. The number of fused-ring (bicyclic) bond motifs is 1. The van der Waals surface area contributed by atoms with Gasteiger partial charge in [-0.15, -0.1) is 0 Å². The smallest absolute Gasteiger partial charge is 0.335 e. The number of ether oxygens (including phenoxy) is 1. The van der Waals surface area contributed by atoms with E-state index < -0.39 is 17.1 Å². The van der Waals surface area contributed by atoms with Gasteiger partial charge in [0.2, 0.25) is 5.88 Å². The molecule has 4 aromatic rings. The molecule has 7 nitrogen and oxygen atoms in total. The number of hydrogen-bond acceptors (Lipinski definition) is 5. The second kappa shape index (κ2) is 8.12. The van der Waals surface area contributed by atoms with E-state index in [0.29, 0.717) is 22.7 Å². The van der Waals surface area contributed by atoms with Gasteiger partial charge in [-0.1, -0.05) is 60.7 Å². The normalized spacial score (nSPS) is 13.6. The SMILES string of the molecule is COc1ccccc1-n1c(O)c(C=C2C(c3ccccc3)=Nc3ccccc32)c(=O)[nH]c1=O. The number of allylic oxidation sites excluding steroid dienone is 1. The zero-order chi connectivity index (χ0) is 22.9. The molecule has 0 unspecified atom stereocenters. The summed E-state index contributed by atoms with van der Waals surface area (Å²) in [4.78, 5) is 32.5. The molecule has 0 spiro atoms. The van der Waals surface area contributed by atoms with Gasteiger partial charge in [0.25, 0.3) is 5.56 Å². The highest BCUT2D eigenvalue weighted by molar-refractivity contribution is 6.39. The summed E-state index contributed by atoms with van der Waals surface area (Å²) in [7, 11) is 1.47. The van der Waals surface area contributed by atoms with Crippen LogP contribution in [0.5, 0.6) is 11.6 Å². The first-order chi connectivity index (χ1) is 16.1.